The lowest BCUT2D eigenvalue weighted by Crippen LogP contribution is -2.42. The van der Waals surface area contributed by atoms with E-state index in [9.17, 15) is 9.65 Å². The van der Waals surface area contributed by atoms with Crippen LogP contribution in [0.3, 0.4) is 0 Å². The van der Waals surface area contributed by atoms with Gasteiger partial charge in [0, 0.05) is 5.92 Å². The zero-order valence-corrected chi connectivity index (χ0v) is 19.2. The molecule has 3 fully saturated rings. The SMILES string of the molecule is CCCCC1CCC(C(OO)C2CCC(C3CCC(CCC)CC3)CC2)C(F)C1. The van der Waals surface area contributed by atoms with E-state index in [2.05, 4.69) is 13.8 Å². The fourth-order valence-electron chi connectivity index (χ4n) is 7.16. The van der Waals surface area contributed by atoms with Crippen LogP contribution in [0.25, 0.3) is 0 Å². The summed E-state index contributed by atoms with van der Waals surface area (Å²) in [5.41, 5.74) is 0. The number of hydrogen-bond acceptors (Lipinski definition) is 2. The Morgan fingerprint density at radius 3 is 1.97 bits per heavy atom. The van der Waals surface area contributed by atoms with Crippen LogP contribution in [-0.4, -0.2) is 17.5 Å². The molecular formula is C26H47FO2. The van der Waals surface area contributed by atoms with Crippen LogP contribution >= 0.6 is 0 Å². The van der Waals surface area contributed by atoms with E-state index in [-0.39, 0.29) is 12.0 Å². The Labute approximate surface area is 179 Å². The summed E-state index contributed by atoms with van der Waals surface area (Å²) in [6, 6.07) is 0. The van der Waals surface area contributed by atoms with Gasteiger partial charge in [0.2, 0.25) is 0 Å². The van der Waals surface area contributed by atoms with Crippen LogP contribution in [-0.2, 0) is 4.89 Å². The molecule has 3 saturated carbocycles. The van der Waals surface area contributed by atoms with Crippen molar-refractivity contribution >= 4 is 0 Å². The van der Waals surface area contributed by atoms with Crippen molar-refractivity contribution in [1.29, 1.82) is 0 Å². The normalized spacial score (nSPS) is 39.9. The van der Waals surface area contributed by atoms with Gasteiger partial charge >= 0.3 is 0 Å². The van der Waals surface area contributed by atoms with Crippen molar-refractivity contribution in [1.82, 2.24) is 0 Å². The fourth-order valence-corrected chi connectivity index (χ4v) is 7.16. The summed E-state index contributed by atoms with van der Waals surface area (Å²) < 4.78 is 15.0. The Balaban J connectivity index is 1.44. The Morgan fingerprint density at radius 2 is 1.41 bits per heavy atom. The number of halogens is 1. The van der Waals surface area contributed by atoms with Crippen LogP contribution in [0, 0.1) is 35.5 Å². The van der Waals surface area contributed by atoms with Crippen LogP contribution in [0.5, 0.6) is 0 Å². The largest absolute Gasteiger partial charge is 0.252 e. The number of alkyl halides is 1. The molecule has 0 aromatic carbocycles. The molecule has 0 radical (unpaired) electrons. The monoisotopic (exact) mass is 410 g/mol. The maximum atomic E-state index is 15.0. The molecule has 3 aliphatic carbocycles. The highest BCUT2D eigenvalue weighted by atomic mass is 19.1. The Hall–Kier alpha value is -0.150. The van der Waals surface area contributed by atoms with Gasteiger partial charge in [0.1, 0.15) is 12.3 Å². The van der Waals surface area contributed by atoms with Crippen LogP contribution in [0.15, 0.2) is 0 Å². The minimum absolute atomic E-state index is 0.0936. The molecule has 0 spiro atoms. The molecule has 0 amide bonds. The summed E-state index contributed by atoms with van der Waals surface area (Å²) in [6.07, 6.45) is 18.4. The van der Waals surface area contributed by atoms with Gasteiger partial charge in [0.05, 0.1) is 0 Å². The van der Waals surface area contributed by atoms with Gasteiger partial charge in [-0.3, -0.25) is 5.26 Å². The van der Waals surface area contributed by atoms with E-state index in [0.29, 0.717) is 18.3 Å². The van der Waals surface area contributed by atoms with Crippen molar-refractivity contribution in [3.05, 3.63) is 0 Å². The quantitative estimate of drug-likeness (QED) is 0.306. The molecule has 29 heavy (non-hydrogen) atoms. The van der Waals surface area contributed by atoms with Crippen molar-refractivity contribution < 1.29 is 14.5 Å². The van der Waals surface area contributed by atoms with E-state index in [1.54, 1.807) is 0 Å². The van der Waals surface area contributed by atoms with Crippen LogP contribution in [0.2, 0.25) is 0 Å². The molecule has 0 bridgehead atoms. The van der Waals surface area contributed by atoms with Gasteiger partial charge in [-0.2, -0.15) is 0 Å². The van der Waals surface area contributed by atoms with E-state index < -0.39 is 6.17 Å². The highest BCUT2D eigenvalue weighted by Gasteiger charge is 2.42. The summed E-state index contributed by atoms with van der Waals surface area (Å²) in [4.78, 5) is 5.00. The Kier molecular flexibility index (Phi) is 9.75. The Bertz CT molecular complexity index is 440. The van der Waals surface area contributed by atoms with E-state index in [1.165, 1.54) is 70.6 Å². The molecule has 2 nitrogen and oxygen atoms in total. The van der Waals surface area contributed by atoms with Crippen LogP contribution in [0.1, 0.15) is 117 Å². The standard InChI is InChI=1S/C26H47FO2/c1-3-5-7-20-10-17-24(25(27)18-20)26(29-28)23-15-13-22(14-16-23)21-11-8-19(6-4-2)9-12-21/h19-26,28H,3-18H2,1-2H3. The molecular weight excluding hydrogens is 363 g/mol. The molecule has 170 valence electrons. The number of hydrogen-bond donors (Lipinski definition) is 1. The highest BCUT2D eigenvalue weighted by Crippen LogP contribution is 2.46. The van der Waals surface area contributed by atoms with Crippen LogP contribution < -0.4 is 0 Å². The molecule has 1 N–H and O–H groups in total. The molecule has 0 aromatic rings. The van der Waals surface area contributed by atoms with E-state index in [1.807, 2.05) is 0 Å². The first-order chi connectivity index (χ1) is 14.2. The van der Waals surface area contributed by atoms with E-state index in [0.717, 1.165) is 43.4 Å². The maximum Gasteiger partial charge on any atom is 0.106 e. The molecule has 3 heteroatoms. The van der Waals surface area contributed by atoms with E-state index in [4.69, 9.17) is 4.89 Å². The molecule has 4 unspecified atom stereocenters. The summed E-state index contributed by atoms with van der Waals surface area (Å²) >= 11 is 0. The molecule has 0 saturated heterocycles. The zero-order valence-electron chi connectivity index (χ0n) is 19.2. The first kappa shape index (κ1) is 23.5. The third-order valence-electron chi connectivity index (χ3n) is 8.98. The number of rotatable bonds is 9. The lowest BCUT2D eigenvalue weighted by molar-refractivity contribution is -0.311. The third-order valence-corrected chi connectivity index (χ3v) is 8.98. The van der Waals surface area contributed by atoms with Crippen molar-refractivity contribution in [3.63, 3.8) is 0 Å². The van der Waals surface area contributed by atoms with Crippen LogP contribution in [0.4, 0.5) is 4.39 Å². The van der Waals surface area contributed by atoms with Crippen molar-refractivity contribution in [2.45, 2.75) is 129 Å². The highest BCUT2D eigenvalue weighted by molar-refractivity contribution is 4.91. The fraction of sp³-hybridized carbons (Fsp3) is 1.00. The van der Waals surface area contributed by atoms with Gasteiger partial charge in [0.25, 0.3) is 0 Å². The van der Waals surface area contributed by atoms with Gasteiger partial charge in [-0.15, -0.1) is 0 Å². The van der Waals surface area contributed by atoms with Gasteiger partial charge in [0.15, 0.2) is 0 Å². The topological polar surface area (TPSA) is 29.5 Å². The summed E-state index contributed by atoms with van der Waals surface area (Å²) in [7, 11) is 0. The number of unbranched alkanes of at least 4 members (excludes halogenated alkanes) is 1. The second kappa shape index (κ2) is 12.0. The minimum Gasteiger partial charge on any atom is -0.252 e. The summed E-state index contributed by atoms with van der Waals surface area (Å²) in [6.45, 7) is 4.52. The van der Waals surface area contributed by atoms with Gasteiger partial charge < -0.3 is 0 Å². The zero-order chi connectivity index (χ0) is 20.6. The summed E-state index contributed by atoms with van der Waals surface area (Å²) in [5, 5.41) is 9.68. The lowest BCUT2D eigenvalue weighted by atomic mass is 9.66. The molecule has 3 rings (SSSR count). The lowest BCUT2D eigenvalue weighted by Gasteiger charge is -2.42. The molecule has 3 aliphatic rings. The molecule has 0 heterocycles. The van der Waals surface area contributed by atoms with Gasteiger partial charge in [-0.25, -0.2) is 9.28 Å². The third kappa shape index (κ3) is 6.42. The van der Waals surface area contributed by atoms with Gasteiger partial charge in [-0.05, 0) is 87.4 Å². The molecule has 4 atom stereocenters. The van der Waals surface area contributed by atoms with Crippen molar-refractivity contribution in [2.24, 2.45) is 35.5 Å². The predicted molar refractivity (Wildman–Crippen MR) is 119 cm³/mol. The molecule has 0 aliphatic heterocycles. The predicted octanol–water partition coefficient (Wildman–Crippen LogP) is 8.20. The average molecular weight is 411 g/mol. The maximum absolute atomic E-state index is 15.0. The minimum atomic E-state index is -0.797. The second-order valence-corrected chi connectivity index (χ2v) is 10.8. The van der Waals surface area contributed by atoms with Gasteiger partial charge in [-0.1, -0.05) is 58.8 Å². The first-order valence-electron chi connectivity index (χ1n) is 13.1. The first-order valence-corrected chi connectivity index (χ1v) is 13.1. The van der Waals surface area contributed by atoms with E-state index >= 15 is 0 Å². The molecule has 0 aromatic heterocycles. The Morgan fingerprint density at radius 1 is 0.793 bits per heavy atom. The summed E-state index contributed by atoms with van der Waals surface area (Å²) in [5.74, 6) is 3.56. The van der Waals surface area contributed by atoms with Crippen molar-refractivity contribution in [2.75, 3.05) is 0 Å². The second-order valence-electron chi connectivity index (χ2n) is 10.8. The smallest absolute Gasteiger partial charge is 0.106 e. The van der Waals surface area contributed by atoms with Crippen molar-refractivity contribution in [3.8, 4) is 0 Å². The average Bonchev–Trinajstić information content (AvgIpc) is 2.75.